The Kier molecular flexibility index (Phi) is 5.52. The zero-order valence-electron chi connectivity index (χ0n) is 9.56. The van der Waals surface area contributed by atoms with Crippen LogP contribution < -0.4 is 5.73 Å². The molecular weight excluding hydrogens is 228 g/mol. The van der Waals surface area contributed by atoms with Crippen molar-refractivity contribution in [2.24, 2.45) is 5.73 Å². The van der Waals surface area contributed by atoms with E-state index in [1.165, 1.54) is 6.42 Å². The van der Waals surface area contributed by atoms with Crippen LogP contribution in [0.4, 0.5) is 0 Å². The number of rotatable bonds is 2. The molecule has 0 saturated carbocycles. The molecule has 2 fully saturated rings. The monoisotopic (exact) mass is 248 g/mol. The van der Waals surface area contributed by atoms with Crippen molar-refractivity contribution in [2.75, 3.05) is 19.7 Å². The fourth-order valence-electron chi connectivity index (χ4n) is 2.49. The van der Waals surface area contributed by atoms with Gasteiger partial charge in [-0.2, -0.15) is 0 Å². The Labute approximate surface area is 103 Å². The van der Waals surface area contributed by atoms with Gasteiger partial charge in [0.1, 0.15) is 6.10 Å². The number of ether oxygens (including phenoxy) is 1. The first-order valence-electron chi connectivity index (χ1n) is 5.95. The van der Waals surface area contributed by atoms with Crippen molar-refractivity contribution in [3.05, 3.63) is 0 Å². The summed E-state index contributed by atoms with van der Waals surface area (Å²) in [6.45, 7) is 2.18. The lowest BCUT2D eigenvalue weighted by Crippen LogP contribution is -2.50. The molecule has 0 aromatic carbocycles. The minimum atomic E-state index is -0.183. The second-order valence-corrected chi connectivity index (χ2v) is 4.42. The van der Waals surface area contributed by atoms with Crippen molar-refractivity contribution in [3.8, 4) is 0 Å². The molecule has 0 aliphatic carbocycles. The number of nitrogens with zero attached hydrogens (tertiary/aromatic N) is 1. The molecule has 5 heteroatoms. The summed E-state index contributed by atoms with van der Waals surface area (Å²) in [6.07, 6.45) is 5.06. The zero-order chi connectivity index (χ0) is 10.7. The Morgan fingerprint density at radius 2 is 2.12 bits per heavy atom. The largest absolute Gasteiger partial charge is 0.368 e. The van der Waals surface area contributed by atoms with Crippen LogP contribution in [0.3, 0.4) is 0 Å². The third-order valence-corrected chi connectivity index (χ3v) is 3.39. The van der Waals surface area contributed by atoms with E-state index >= 15 is 0 Å². The van der Waals surface area contributed by atoms with Crippen LogP contribution in [0.5, 0.6) is 0 Å². The number of halogens is 1. The van der Waals surface area contributed by atoms with E-state index in [1.54, 1.807) is 0 Å². The second kappa shape index (κ2) is 6.42. The molecular formula is C11H21ClN2O2. The number of piperidine rings is 1. The lowest BCUT2D eigenvalue weighted by Gasteiger charge is -2.36. The molecule has 0 aromatic heterocycles. The first-order chi connectivity index (χ1) is 7.33. The molecule has 2 saturated heterocycles. The molecule has 2 aliphatic rings. The van der Waals surface area contributed by atoms with Gasteiger partial charge in [-0.05, 0) is 32.1 Å². The van der Waals surface area contributed by atoms with E-state index in [-0.39, 0.29) is 30.5 Å². The molecule has 2 heterocycles. The van der Waals surface area contributed by atoms with Gasteiger partial charge in [0.05, 0.1) is 0 Å². The Bertz CT molecular complexity index is 232. The summed E-state index contributed by atoms with van der Waals surface area (Å²) in [7, 11) is 0. The summed E-state index contributed by atoms with van der Waals surface area (Å²) in [5, 5.41) is 0. The molecule has 0 aromatic rings. The van der Waals surface area contributed by atoms with Crippen LogP contribution >= 0.6 is 12.4 Å². The summed E-state index contributed by atoms with van der Waals surface area (Å²) in [5.41, 5.74) is 5.70. The van der Waals surface area contributed by atoms with E-state index in [4.69, 9.17) is 10.5 Å². The van der Waals surface area contributed by atoms with Crippen molar-refractivity contribution >= 4 is 18.3 Å². The predicted octanol–water partition coefficient (Wildman–Crippen LogP) is 0.927. The van der Waals surface area contributed by atoms with E-state index in [1.807, 2.05) is 4.90 Å². The maximum atomic E-state index is 12.1. The smallest absolute Gasteiger partial charge is 0.251 e. The van der Waals surface area contributed by atoms with Crippen molar-refractivity contribution in [2.45, 2.75) is 44.2 Å². The molecule has 1 amide bonds. The van der Waals surface area contributed by atoms with Gasteiger partial charge in [-0.25, -0.2) is 0 Å². The average Bonchev–Trinajstić information content (AvgIpc) is 2.81. The SMILES string of the molecule is Cl.NCC1CCCCN1C(=O)[C@@H]1CCCO1. The topological polar surface area (TPSA) is 55.6 Å². The van der Waals surface area contributed by atoms with E-state index in [0.717, 1.165) is 38.8 Å². The summed E-state index contributed by atoms with van der Waals surface area (Å²) in [6, 6.07) is 0.246. The highest BCUT2D eigenvalue weighted by Gasteiger charge is 2.32. The number of carbonyl (C=O) groups is 1. The second-order valence-electron chi connectivity index (χ2n) is 4.42. The van der Waals surface area contributed by atoms with Crippen molar-refractivity contribution < 1.29 is 9.53 Å². The van der Waals surface area contributed by atoms with Crippen LogP contribution in [0.2, 0.25) is 0 Å². The highest BCUT2D eigenvalue weighted by Crippen LogP contribution is 2.21. The number of amides is 1. The minimum absolute atomic E-state index is 0. The summed E-state index contributed by atoms with van der Waals surface area (Å²) >= 11 is 0. The van der Waals surface area contributed by atoms with E-state index in [2.05, 4.69) is 0 Å². The third-order valence-electron chi connectivity index (χ3n) is 3.39. The van der Waals surface area contributed by atoms with Crippen molar-refractivity contribution in [1.82, 2.24) is 4.90 Å². The quantitative estimate of drug-likeness (QED) is 0.791. The lowest BCUT2D eigenvalue weighted by molar-refractivity contribution is -0.144. The van der Waals surface area contributed by atoms with Crippen LogP contribution in [0.1, 0.15) is 32.1 Å². The fourth-order valence-corrected chi connectivity index (χ4v) is 2.49. The first-order valence-corrected chi connectivity index (χ1v) is 5.95. The molecule has 2 atom stereocenters. The molecule has 2 aliphatic heterocycles. The van der Waals surface area contributed by atoms with Gasteiger partial charge in [-0.15, -0.1) is 12.4 Å². The lowest BCUT2D eigenvalue weighted by atomic mass is 10.0. The Morgan fingerprint density at radius 3 is 2.75 bits per heavy atom. The number of hydrogen-bond acceptors (Lipinski definition) is 3. The van der Waals surface area contributed by atoms with Crippen LogP contribution in [-0.4, -0.2) is 42.6 Å². The predicted molar refractivity (Wildman–Crippen MR) is 64.6 cm³/mol. The van der Waals surface area contributed by atoms with E-state index in [9.17, 15) is 4.79 Å². The van der Waals surface area contributed by atoms with Crippen molar-refractivity contribution in [1.29, 1.82) is 0 Å². The minimum Gasteiger partial charge on any atom is -0.368 e. The molecule has 2 rings (SSSR count). The summed E-state index contributed by atoms with van der Waals surface area (Å²) in [5.74, 6) is 0.169. The third kappa shape index (κ3) is 2.87. The molecule has 1 unspecified atom stereocenters. The highest BCUT2D eigenvalue weighted by atomic mass is 35.5. The molecule has 2 N–H and O–H groups in total. The molecule has 0 bridgehead atoms. The van der Waals surface area contributed by atoms with Crippen LogP contribution in [-0.2, 0) is 9.53 Å². The first kappa shape index (κ1) is 13.7. The van der Waals surface area contributed by atoms with Crippen molar-refractivity contribution in [3.63, 3.8) is 0 Å². The zero-order valence-corrected chi connectivity index (χ0v) is 10.4. The molecule has 94 valence electrons. The summed E-state index contributed by atoms with van der Waals surface area (Å²) in [4.78, 5) is 14.1. The number of carbonyl (C=O) groups excluding carboxylic acids is 1. The number of hydrogen-bond donors (Lipinski definition) is 1. The van der Waals surface area contributed by atoms with Gasteiger partial charge in [-0.3, -0.25) is 4.79 Å². The van der Waals surface area contributed by atoms with Gasteiger partial charge < -0.3 is 15.4 Å². The maximum Gasteiger partial charge on any atom is 0.251 e. The van der Waals surface area contributed by atoms with Crippen LogP contribution in [0.25, 0.3) is 0 Å². The van der Waals surface area contributed by atoms with Gasteiger partial charge in [0.15, 0.2) is 0 Å². The molecule has 0 spiro atoms. The van der Waals surface area contributed by atoms with Gasteiger partial charge in [0.25, 0.3) is 5.91 Å². The van der Waals surface area contributed by atoms with E-state index in [0.29, 0.717) is 6.54 Å². The average molecular weight is 249 g/mol. The highest BCUT2D eigenvalue weighted by molar-refractivity contribution is 5.85. The fraction of sp³-hybridized carbons (Fsp3) is 0.909. The van der Waals surface area contributed by atoms with Gasteiger partial charge in [0, 0.05) is 25.7 Å². The van der Waals surface area contributed by atoms with E-state index < -0.39 is 0 Å². The Hall–Kier alpha value is -0.320. The number of nitrogens with two attached hydrogens (primary N) is 1. The Morgan fingerprint density at radius 1 is 1.31 bits per heavy atom. The molecule has 4 nitrogen and oxygen atoms in total. The molecule has 16 heavy (non-hydrogen) atoms. The maximum absolute atomic E-state index is 12.1. The van der Waals surface area contributed by atoms with Gasteiger partial charge in [0.2, 0.25) is 0 Å². The van der Waals surface area contributed by atoms with Gasteiger partial charge in [-0.1, -0.05) is 0 Å². The van der Waals surface area contributed by atoms with Crippen LogP contribution in [0.15, 0.2) is 0 Å². The van der Waals surface area contributed by atoms with Crippen LogP contribution in [0, 0.1) is 0 Å². The molecule has 0 radical (unpaired) electrons. The standard InChI is InChI=1S/C11H20N2O2.ClH/c12-8-9-4-1-2-6-13(9)11(14)10-5-3-7-15-10;/h9-10H,1-8,12H2;1H/t9?,10-;/m0./s1. The Balaban J connectivity index is 0.00000128. The number of likely N-dealkylation sites (tertiary alicyclic amines) is 1. The normalized spacial score (nSPS) is 29.9. The summed E-state index contributed by atoms with van der Waals surface area (Å²) < 4.78 is 5.43. The van der Waals surface area contributed by atoms with Gasteiger partial charge >= 0.3 is 0 Å².